The molecule has 1 aliphatic heterocycles. The van der Waals surface area contributed by atoms with Crippen LogP contribution in [0.2, 0.25) is 0 Å². The van der Waals surface area contributed by atoms with Crippen LogP contribution >= 0.6 is 0 Å². The molecule has 5 rings (SSSR count). The van der Waals surface area contributed by atoms with Crippen LogP contribution in [0, 0.1) is 5.82 Å². The Balaban J connectivity index is 1.55. The first-order valence-corrected chi connectivity index (χ1v) is 13.3. The number of hydrogen-bond acceptors (Lipinski definition) is 5. The van der Waals surface area contributed by atoms with E-state index in [4.69, 9.17) is 4.74 Å². The number of carbonyl (C=O) groups is 2. The van der Waals surface area contributed by atoms with Gasteiger partial charge >= 0.3 is 0 Å². The van der Waals surface area contributed by atoms with E-state index in [1.807, 2.05) is 42.5 Å². The Hall–Kier alpha value is -4.11. The van der Waals surface area contributed by atoms with Crippen LogP contribution in [0.1, 0.15) is 49.8 Å². The first kappa shape index (κ1) is 26.5. The van der Waals surface area contributed by atoms with Crippen molar-refractivity contribution < 1.29 is 18.7 Å². The molecule has 0 bridgehead atoms. The van der Waals surface area contributed by atoms with Crippen molar-refractivity contribution >= 4 is 28.5 Å². The molecule has 1 aliphatic rings. The normalized spacial score (nSPS) is 15.9. The van der Waals surface area contributed by atoms with E-state index in [-0.39, 0.29) is 24.3 Å². The predicted octanol–water partition coefficient (Wildman–Crippen LogP) is 4.76. The number of nitrogens with zero attached hydrogens (tertiary/aromatic N) is 4. The van der Waals surface area contributed by atoms with Crippen molar-refractivity contribution in [2.45, 2.75) is 51.3 Å². The third-order valence-corrected chi connectivity index (χ3v) is 7.04. The number of nitrogens with one attached hydrogen (secondary N) is 1. The van der Waals surface area contributed by atoms with Gasteiger partial charge in [-0.05, 0) is 54.2 Å². The standard InChI is InChI=1S/C30H32FN5O3/c1-20(2)21-13-15-22(16-14-21)29(30(38)32-18-23-8-7-17-39-23)36(26-11-5-3-9-24(26)31)28(37)19-35-27-12-6-4-10-25(27)33-34-35/h3-6,9-16,20,23,29H,7-8,17-19H2,1-2H3,(H,32,38)/t23-,29+/m1/s1. The molecule has 2 amide bonds. The van der Waals surface area contributed by atoms with Crippen LogP contribution in [0.15, 0.2) is 72.8 Å². The van der Waals surface area contributed by atoms with Crippen molar-refractivity contribution in [3.8, 4) is 0 Å². The molecule has 39 heavy (non-hydrogen) atoms. The number of fused-ring (bicyclic) bond motifs is 1. The minimum absolute atomic E-state index is 0.0112. The molecule has 0 radical (unpaired) electrons. The molecule has 2 heterocycles. The van der Waals surface area contributed by atoms with Gasteiger partial charge in [-0.25, -0.2) is 9.07 Å². The number of hydrogen-bond donors (Lipinski definition) is 1. The number of amides is 2. The minimum Gasteiger partial charge on any atom is -0.376 e. The summed E-state index contributed by atoms with van der Waals surface area (Å²) in [7, 11) is 0. The van der Waals surface area contributed by atoms with Crippen molar-refractivity contribution in [2.24, 2.45) is 0 Å². The van der Waals surface area contributed by atoms with Crippen LogP contribution in [0.25, 0.3) is 11.0 Å². The fraction of sp³-hybridized carbons (Fsp3) is 0.333. The van der Waals surface area contributed by atoms with Gasteiger partial charge in [-0.3, -0.25) is 14.5 Å². The zero-order valence-corrected chi connectivity index (χ0v) is 22.1. The zero-order valence-electron chi connectivity index (χ0n) is 22.1. The smallest absolute Gasteiger partial charge is 0.249 e. The molecule has 1 aromatic heterocycles. The average molecular weight is 530 g/mol. The zero-order chi connectivity index (χ0) is 27.4. The third kappa shape index (κ3) is 5.83. The number of rotatable bonds is 9. The fourth-order valence-electron chi connectivity index (χ4n) is 4.90. The van der Waals surface area contributed by atoms with Gasteiger partial charge in [0.15, 0.2) is 0 Å². The van der Waals surface area contributed by atoms with Crippen molar-refractivity contribution in [1.29, 1.82) is 0 Å². The largest absolute Gasteiger partial charge is 0.376 e. The maximum Gasteiger partial charge on any atom is 0.249 e. The lowest BCUT2D eigenvalue weighted by Crippen LogP contribution is -2.47. The highest BCUT2D eigenvalue weighted by molar-refractivity contribution is 6.01. The van der Waals surface area contributed by atoms with Crippen molar-refractivity contribution in [3.63, 3.8) is 0 Å². The summed E-state index contributed by atoms with van der Waals surface area (Å²) in [4.78, 5) is 29.1. The average Bonchev–Trinajstić information content (AvgIpc) is 3.61. The summed E-state index contributed by atoms with van der Waals surface area (Å²) in [6, 6.07) is 19.7. The summed E-state index contributed by atoms with van der Waals surface area (Å²) in [6.45, 7) is 4.91. The second kappa shape index (κ2) is 11.7. The van der Waals surface area contributed by atoms with Crippen molar-refractivity contribution in [3.05, 3.63) is 89.7 Å². The molecule has 4 aromatic rings. The number of aromatic nitrogens is 3. The van der Waals surface area contributed by atoms with E-state index in [1.165, 1.54) is 21.7 Å². The number of anilines is 1. The maximum atomic E-state index is 15.3. The quantitative estimate of drug-likeness (QED) is 0.338. The van der Waals surface area contributed by atoms with E-state index in [2.05, 4.69) is 29.5 Å². The highest BCUT2D eigenvalue weighted by Gasteiger charge is 2.35. The number of halogens is 1. The number of para-hydroxylation sites is 2. The molecular formula is C30H32FN5O3. The summed E-state index contributed by atoms with van der Waals surface area (Å²) in [6.07, 6.45) is 1.70. The van der Waals surface area contributed by atoms with Gasteiger partial charge in [-0.15, -0.1) is 5.10 Å². The van der Waals surface area contributed by atoms with Gasteiger partial charge in [0, 0.05) is 13.2 Å². The van der Waals surface area contributed by atoms with Crippen LogP contribution in [0.3, 0.4) is 0 Å². The summed E-state index contributed by atoms with van der Waals surface area (Å²) in [5, 5.41) is 11.2. The van der Waals surface area contributed by atoms with Gasteiger partial charge in [-0.1, -0.05) is 67.6 Å². The first-order chi connectivity index (χ1) is 18.9. The molecular weight excluding hydrogens is 497 g/mol. The highest BCUT2D eigenvalue weighted by atomic mass is 19.1. The van der Waals surface area contributed by atoms with Gasteiger partial charge in [0.05, 0.1) is 17.3 Å². The van der Waals surface area contributed by atoms with Gasteiger partial charge in [0.2, 0.25) is 11.8 Å². The van der Waals surface area contributed by atoms with E-state index >= 15 is 4.39 Å². The van der Waals surface area contributed by atoms with Gasteiger partial charge in [0.25, 0.3) is 0 Å². The van der Waals surface area contributed by atoms with Gasteiger partial charge < -0.3 is 10.1 Å². The lowest BCUT2D eigenvalue weighted by molar-refractivity contribution is -0.127. The number of carbonyl (C=O) groups excluding carboxylic acids is 2. The fourth-order valence-corrected chi connectivity index (χ4v) is 4.90. The Bertz CT molecular complexity index is 1450. The van der Waals surface area contributed by atoms with E-state index in [0.717, 1.165) is 18.4 Å². The van der Waals surface area contributed by atoms with Crippen molar-refractivity contribution in [2.75, 3.05) is 18.1 Å². The number of benzene rings is 3. The Morgan fingerprint density at radius 3 is 2.49 bits per heavy atom. The molecule has 3 aromatic carbocycles. The van der Waals surface area contributed by atoms with Gasteiger partial charge in [-0.2, -0.15) is 0 Å². The Kier molecular flexibility index (Phi) is 7.97. The van der Waals surface area contributed by atoms with E-state index in [9.17, 15) is 9.59 Å². The minimum atomic E-state index is -1.12. The molecule has 9 heteroatoms. The first-order valence-electron chi connectivity index (χ1n) is 13.3. The molecule has 0 saturated carbocycles. The molecule has 0 aliphatic carbocycles. The van der Waals surface area contributed by atoms with Crippen LogP contribution in [0.5, 0.6) is 0 Å². The molecule has 0 spiro atoms. The van der Waals surface area contributed by atoms with Crippen LogP contribution in [-0.2, 0) is 20.9 Å². The summed E-state index contributed by atoms with van der Waals surface area (Å²) in [5.74, 6) is -1.23. The van der Waals surface area contributed by atoms with E-state index in [0.29, 0.717) is 29.7 Å². The van der Waals surface area contributed by atoms with E-state index in [1.54, 1.807) is 18.2 Å². The Morgan fingerprint density at radius 2 is 1.77 bits per heavy atom. The molecule has 0 unspecified atom stereocenters. The molecule has 1 fully saturated rings. The molecule has 1 saturated heterocycles. The topological polar surface area (TPSA) is 89.4 Å². The lowest BCUT2D eigenvalue weighted by atomic mass is 9.97. The Labute approximate surface area is 226 Å². The molecule has 8 nitrogen and oxygen atoms in total. The van der Waals surface area contributed by atoms with Gasteiger partial charge in [0.1, 0.15) is 23.9 Å². The SMILES string of the molecule is CC(C)c1ccc([C@@H](C(=O)NC[C@H]2CCCO2)N(C(=O)Cn2nnc3ccccc32)c2ccccc2F)cc1. The van der Waals surface area contributed by atoms with Crippen LogP contribution in [0.4, 0.5) is 10.1 Å². The van der Waals surface area contributed by atoms with Crippen LogP contribution < -0.4 is 10.2 Å². The molecule has 202 valence electrons. The molecule has 2 atom stereocenters. The maximum absolute atomic E-state index is 15.3. The second-order valence-electron chi connectivity index (χ2n) is 10.1. The predicted molar refractivity (Wildman–Crippen MR) is 147 cm³/mol. The number of ether oxygens (including phenoxy) is 1. The lowest BCUT2D eigenvalue weighted by Gasteiger charge is -2.32. The van der Waals surface area contributed by atoms with E-state index < -0.39 is 23.7 Å². The second-order valence-corrected chi connectivity index (χ2v) is 10.1. The summed E-state index contributed by atoms with van der Waals surface area (Å²) < 4.78 is 22.4. The monoisotopic (exact) mass is 529 g/mol. The Morgan fingerprint density at radius 1 is 1.05 bits per heavy atom. The molecule has 1 N–H and O–H groups in total. The van der Waals surface area contributed by atoms with Crippen LogP contribution in [-0.4, -0.2) is 46.1 Å². The van der Waals surface area contributed by atoms with Crippen molar-refractivity contribution in [1.82, 2.24) is 20.3 Å². The third-order valence-electron chi connectivity index (χ3n) is 7.04. The highest BCUT2D eigenvalue weighted by Crippen LogP contribution is 2.31. The summed E-state index contributed by atoms with van der Waals surface area (Å²) in [5.41, 5.74) is 2.98. The summed E-state index contributed by atoms with van der Waals surface area (Å²) >= 11 is 0.